The summed E-state index contributed by atoms with van der Waals surface area (Å²) in [5.74, 6) is -0.383. The second-order valence-electron chi connectivity index (χ2n) is 6.14. The molecule has 0 bridgehead atoms. The highest BCUT2D eigenvalue weighted by Crippen LogP contribution is 2.26. The van der Waals surface area contributed by atoms with Crippen LogP contribution in [0.5, 0.6) is 0 Å². The molecular formula is C19H22N2O3. The lowest BCUT2D eigenvalue weighted by molar-refractivity contribution is -0.120. The molecule has 1 N–H and O–H groups in total. The van der Waals surface area contributed by atoms with Crippen LogP contribution in [0.3, 0.4) is 0 Å². The molecular weight excluding hydrogens is 304 g/mol. The van der Waals surface area contributed by atoms with Crippen LogP contribution in [0.15, 0.2) is 47.3 Å². The molecule has 2 heterocycles. The molecule has 1 atom stereocenters. The predicted octanol–water partition coefficient (Wildman–Crippen LogP) is 3.16. The van der Waals surface area contributed by atoms with Crippen molar-refractivity contribution in [1.82, 2.24) is 5.32 Å². The van der Waals surface area contributed by atoms with E-state index < -0.39 is 6.04 Å². The molecule has 5 nitrogen and oxygen atoms in total. The van der Waals surface area contributed by atoms with Crippen LogP contribution in [-0.4, -0.2) is 24.4 Å². The Balaban J connectivity index is 1.77. The van der Waals surface area contributed by atoms with E-state index in [1.54, 1.807) is 13.0 Å². The van der Waals surface area contributed by atoms with Gasteiger partial charge in [-0.2, -0.15) is 0 Å². The number of fused-ring (bicyclic) bond motifs is 1. The highest BCUT2D eigenvalue weighted by Gasteiger charge is 2.26. The van der Waals surface area contributed by atoms with Gasteiger partial charge in [0.2, 0.25) is 5.91 Å². The number of aryl methyl sites for hydroxylation is 1. The van der Waals surface area contributed by atoms with Crippen molar-refractivity contribution < 1.29 is 14.0 Å². The summed E-state index contributed by atoms with van der Waals surface area (Å²) < 4.78 is 4.91. The number of anilines is 1. The third-order valence-electron chi connectivity index (χ3n) is 4.38. The van der Waals surface area contributed by atoms with Crippen LogP contribution in [0.4, 0.5) is 5.69 Å². The minimum absolute atomic E-state index is 0.0822. The molecule has 0 radical (unpaired) electrons. The zero-order chi connectivity index (χ0) is 16.9. The third-order valence-corrected chi connectivity index (χ3v) is 4.38. The number of nitrogens with zero attached hydrogens (tertiary/aromatic N) is 1. The van der Waals surface area contributed by atoms with Gasteiger partial charge in [-0.15, -0.1) is 0 Å². The summed E-state index contributed by atoms with van der Waals surface area (Å²) >= 11 is 0. The Morgan fingerprint density at radius 1 is 1.17 bits per heavy atom. The van der Waals surface area contributed by atoms with Gasteiger partial charge in [0, 0.05) is 12.2 Å². The summed E-state index contributed by atoms with van der Waals surface area (Å²) in [4.78, 5) is 26.9. The molecule has 1 aromatic carbocycles. The lowest BCUT2D eigenvalue weighted by Crippen LogP contribution is -2.48. The van der Waals surface area contributed by atoms with Crippen LogP contribution in [0.2, 0.25) is 0 Å². The van der Waals surface area contributed by atoms with Crippen molar-refractivity contribution in [2.45, 2.75) is 38.6 Å². The van der Waals surface area contributed by atoms with Crippen LogP contribution in [0.1, 0.15) is 42.1 Å². The van der Waals surface area contributed by atoms with E-state index >= 15 is 0 Å². The predicted molar refractivity (Wildman–Crippen MR) is 92.0 cm³/mol. The lowest BCUT2D eigenvalue weighted by atomic mass is 10.0. The first-order valence-electron chi connectivity index (χ1n) is 8.39. The maximum atomic E-state index is 12.9. The van der Waals surface area contributed by atoms with Crippen LogP contribution in [0, 0.1) is 0 Å². The second kappa shape index (κ2) is 7.34. The number of carbonyl (C=O) groups excluding carboxylic acids is 2. The number of furan rings is 1. The molecule has 0 saturated carbocycles. The molecule has 0 fully saturated rings. The number of para-hydroxylation sites is 1. The number of rotatable bonds is 3. The summed E-state index contributed by atoms with van der Waals surface area (Å²) in [5, 5.41) is 2.76. The Morgan fingerprint density at radius 2 is 2.00 bits per heavy atom. The largest absolute Gasteiger partial charge is 0.472 e. The second-order valence-corrected chi connectivity index (χ2v) is 6.14. The van der Waals surface area contributed by atoms with Crippen LogP contribution in [-0.2, 0) is 11.2 Å². The minimum atomic E-state index is -0.597. The molecule has 0 saturated heterocycles. The smallest absolute Gasteiger partial charge is 0.255 e. The Hall–Kier alpha value is -2.56. The van der Waals surface area contributed by atoms with Gasteiger partial charge in [0.25, 0.3) is 5.91 Å². The highest BCUT2D eigenvalue weighted by atomic mass is 16.3. The Bertz CT molecular complexity index is 709. The normalized spacial score (nSPS) is 15.8. The Kier molecular flexibility index (Phi) is 4.99. The topological polar surface area (TPSA) is 62.6 Å². The maximum Gasteiger partial charge on any atom is 0.255 e. The zero-order valence-electron chi connectivity index (χ0n) is 13.8. The van der Waals surface area contributed by atoms with Crippen LogP contribution >= 0.6 is 0 Å². The first kappa shape index (κ1) is 16.3. The van der Waals surface area contributed by atoms with Gasteiger partial charge in [0.15, 0.2) is 0 Å². The van der Waals surface area contributed by atoms with Crippen LogP contribution in [0.25, 0.3) is 0 Å². The minimum Gasteiger partial charge on any atom is -0.472 e. The summed E-state index contributed by atoms with van der Waals surface area (Å²) in [5.41, 5.74) is 2.58. The number of amides is 2. The fourth-order valence-electron chi connectivity index (χ4n) is 3.07. The van der Waals surface area contributed by atoms with Gasteiger partial charge in [-0.1, -0.05) is 24.6 Å². The first-order valence-corrected chi connectivity index (χ1v) is 8.39. The maximum absolute atomic E-state index is 12.9. The van der Waals surface area contributed by atoms with E-state index in [1.165, 1.54) is 18.1 Å². The van der Waals surface area contributed by atoms with E-state index in [4.69, 9.17) is 4.42 Å². The van der Waals surface area contributed by atoms with E-state index in [-0.39, 0.29) is 11.8 Å². The number of nitrogens with one attached hydrogen (secondary N) is 1. The van der Waals surface area contributed by atoms with Gasteiger partial charge in [0.1, 0.15) is 12.3 Å². The fourth-order valence-corrected chi connectivity index (χ4v) is 3.07. The molecule has 2 amide bonds. The zero-order valence-corrected chi connectivity index (χ0v) is 13.8. The van der Waals surface area contributed by atoms with Crippen molar-refractivity contribution in [1.29, 1.82) is 0 Å². The van der Waals surface area contributed by atoms with Crippen molar-refractivity contribution in [3.05, 3.63) is 54.0 Å². The lowest BCUT2D eigenvalue weighted by Gasteiger charge is -2.29. The summed E-state index contributed by atoms with van der Waals surface area (Å²) in [6.07, 6.45) is 7.02. The molecule has 126 valence electrons. The molecule has 1 aromatic heterocycles. The van der Waals surface area contributed by atoms with Gasteiger partial charge in [-0.25, -0.2) is 0 Å². The van der Waals surface area contributed by atoms with E-state index in [1.807, 2.05) is 23.1 Å². The fraction of sp³-hybridized carbons (Fsp3) is 0.368. The van der Waals surface area contributed by atoms with Crippen molar-refractivity contribution in [2.75, 3.05) is 11.4 Å². The quantitative estimate of drug-likeness (QED) is 0.942. The van der Waals surface area contributed by atoms with Crippen molar-refractivity contribution >= 4 is 17.5 Å². The van der Waals surface area contributed by atoms with Gasteiger partial charge in [-0.3, -0.25) is 9.59 Å². The van der Waals surface area contributed by atoms with Gasteiger partial charge < -0.3 is 14.6 Å². The molecule has 1 aliphatic rings. The number of carbonyl (C=O) groups is 2. The average molecular weight is 326 g/mol. The SMILES string of the molecule is C[C@H](NC(=O)c1ccoc1)C(=O)N1CCCCCc2ccccc21. The third kappa shape index (κ3) is 3.50. The molecule has 24 heavy (non-hydrogen) atoms. The summed E-state index contributed by atoms with van der Waals surface area (Å²) in [7, 11) is 0. The van der Waals surface area contributed by atoms with E-state index in [2.05, 4.69) is 11.4 Å². The molecule has 0 spiro atoms. The Labute approximate surface area is 141 Å². The highest BCUT2D eigenvalue weighted by molar-refractivity contribution is 6.02. The van der Waals surface area contributed by atoms with E-state index in [0.29, 0.717) is 12.1 Å². The number of benzene rings is 1. The Morgan fingerprint density at radius 3 is 2.79 bits per heavy atom. The standard InChI is InChI=1S/C19H22N2O3/c1-14(20-18(22)16-10-12-24-13-16)19(23)21-11-6-2-3-7-15-8-4-5-9-17(15)21/h4-5,8-10,12-14H,2-3,6-7,11H2,1H3,(H,20,22)/t14-/m0/s1. The molecule has 1 aliphatic heterocycles. The summed E-state index contributed by atoms with van der Waals surface area (Å²) in [6, 6.07) is 9.01. The van der Waals surface area contributed by atoms with Crippen molar-refractivity contribution in [2.24, 2.45) is 0 Å². The number of hydrogen-bond acceptors (Lipinski definition) is 3. The van der Waals surface area contributed by atoms with Crippen molar-refractivity contribution in [3.8, 4) is 0 Å². The average Bonchev–Trinajstić information content (AvgIpc) is 3.10. The van der Waals surface area contributed by atoms with E-state index in [0.717, 1.165) is 31.4 Å². The monoisotopic (exact) mass is 326 g/mol. The number of hydrogen-bond donors (Lipinski definition) is 1. The molecule has 2 aromatic rings. The molecule has 0 aliphatic carbocycles. The molecule has 3 rings (SSSR count). The first-order chi connectivity index (χ1) is 11.7. The molecule has 5 heteroatoms. The van der Waals surface area contributed by atoms with Crippen LogP contribution < -0.4 is 10.2 Å². The van der Waals surface area contributed by atoms with Gasteiger partial charge in [0.05, 0.1) is 11.8 Å². The van der Waals surface area contributed by atoms with E-state index in [9.17, 15) is 9.59 Å². The van der Waals surface area contributed by atoms with Gasteiger partial charge in [-0.05, 0) is 43.9 Å². The van der Waals surface area contributed by atoms with Crippen molar-refractivity contribution in [3.63, 3.8) is 0 Å². The van der Waals surface area contributed by atoms with Gasteiger partial charge >= 0.3 is 0 Å². The molecule has 0 unspecified atom stereocenters. The summed E-state index contributed by atoms with van der Waals surface area (Å²) in [6.45, 7) is 2.41.